The Bertz CT molecular complexity index is 146. The van der Waals surface area contributed by atoms with Gasteiger partial charge in [-0.15, -0.1) is 11.6 Å². The summed E-state index contributed by atoms with van der Waals surface area (Å²) in [6.45, 7) is 7.32. The summed E-state index contributed by atoms with van der Waals surface area (Å²) in [5, 5.41) is 0. The maximum absolute atomic E-state index is 5.85. The molecule has 84 valence electrons. The fourth-order valence-electron chi connectivity index (χ4n) is 1.55. The van der Waals surface area contributed by atoms with E-state index >= 15 is 0 Å². The van der Waals surface area contributed by atoms with E-state index < -0.39 is 0 Å². The number of nitrogens with zero attached hydrogens (tertiary/aromatic N) is 1. The van der Waals surface area contributed by atoms with Gasteiger partial charge in [0.25, 0.3) is 0 Å². The average Bonchev–Trinajstić information content (AvgIpc) is 2.25. The summed E-state index contributed by atoms with van der Waals surface area (Å²) in [6.07, 6.45) is 1.09. The number of hydrogen-bond donors (Lipinski definition) is 0. The molecule has 0 bridgehead atoms. The van der Waals surface area contributed by atoms with Crippen LogP contribution in [0.15, 0.2) is 0 Å². The highest BCUT2D eigenvalue weighted by atomic mass is 35.5. The van der Waals surface area contributed by atoms with Crippen LogP contribution in [0.4, 0.5) is 0 Å². The summed E-state index contributed by atoms with van der Waals surface area (Å²) in [5.41, 5.74) is 0. The van der Waals surface area contributed by atoms with E-state index in [4.69, 9.17) is 21.1 Å². The topological polar surface area (TPSA) is 21.7 Å². The number of morpholine rings is 1. The van der Waals surface area contributed by atoms with Crippen molar-refractivity contribution in [3.8, 4) is 0 Å². The monoisotopic (exact) mass is 221 g/mol. The van der Waals surface area contributed by atoms with Crippen molar-refractivity contribution in [2.75, 3.05) is 45.4 Å². The summed E-state index contributed by atoms with van der Waals surface area (Å²) in [6, 6.07) is 0.371. The van der Waals surface area contributed by atoms with Gasteiger partial charge in [-0.25, -0.2) is 0 Å². The van der Waals surface area contributed by atoms with E-state index in [1.54, 1.807) is 0 Å². The van der Waals surface area contributed by atoms with Crippen LogP contribution in [0.2, 0.25) is 0 Å². The molecule has 1 unspecified atom stereocenters. The second kappa shape index (κ2) is 7.46. The van der Waals surface area contributed by atoms with Gasteiger partial charge < -0.3 is 9.47 Å². The van der Waals surface area contributed by atoms with Gasteiger partial charge in [0.1, 0.15) is 0 Å². The molecule has 0 aromatic rings. The van der Waals surface area contributed by atoms with E-state index in [0.717, 1.165) is 45.9 Å². The third-order valence-electron chi connectivity index (χ3n) is 2.40. The van der Waals surface area contributed by atoms with Crippen LogP contribution in [0, 0.1) is 0 Å². The maximum atomic E-state index is 5.85. The molecule has 0 radical (unpaired) electrons. The first-order chi connectivity index (χ1) is 6.88. The third-order valence-corrected chi connectivity index (χ3v) is 2.76. The molecule has 0 spiro atoms. The number of ether oxygens (including phenoxy) is 2. The van der Waals surface area contributed by atoms with Crippen molar-refractivity contribution >= 4 is 11.6 Å². The highest BCUT2D eigenvalue weighted by Crippen LogP contribution is 2.07. The minimum absolute atomic E-state index is 0.371. The Labute approximate surface area is 91.3 Å². The molecule has 0 aromatic heterocycles. The van der Waals surface area contributed by atoms with Crippen molar-refractivity contribution in [3.05, 3.63) is 0 Å². The van der Waals surface area contributed by atoms with Crippen molar-refractivity contribution in [3.63, 3.8) is 0 Å². The average molecular weight is 222 g/mol. The van der Waals surface area contributed by atoms with Crippen LogP contribution in [0.3, 0.4) is 0 Å². The van der Waals surface area contributed by atoms with E-state index in [2.05, 4.69) is 11.8 Å². The van der Waals surface area contributed by atoms with Crippen LogP contribution in [0.25, 0.3) is 0 Å². The van der Waals surface area contributed by atoms with E-state index in [1.165, 1.54) is 0 Å². The quantitative estimate of drug-likeness (QED) is 0.499. The van der Waals surface area contributed by atoms with Crippen LogP contribution in [0.1, 0.15) is 13.3 Å². The van der Waals surface area contributed by atoms with E-state index in [0.29, 0.717) is 11.9 Å². The highest BCUT2D eigenvalue weighted by Gasteiger charge is 2.21. The SMILES string of the molecule is CCCOCCN1CCOCC1CCl. The van der Waals surface area contributed by atoms with Crippen molar-refractivity contribution in [2.45, 2.75) is 19.4 Å². The lowest BCUT2D eigenvalue weighted by atomic mass is 10.2. The lowest BCUT2D eigenvalue weighted by Crippen LogP contribution is -2.47. The summed E-state index contributed by atoms with van der Waals surface area (Å²) in [5.74, 6) is 0.647. The molecule has 1 heterocycles. The van der Waals surface area contributed by atoms with E-state index in [1.807, 2.05) is 0 Å². The second-order valence-corrected chi connectivity index (χ2v) is 3.84. The van der Waals surface area contributed by atoms with Crippen LogP contribution >= 0.6 is 11.6 Å². The smallest absolute Gasteiger partial charge is 0.0634 e. The van der Waals surface area contributed by atoms with Gasteiger partial charge in [0.2, 0.25) is 0 Å². The molecular weight excluding hydrogens is 202 g/mol. The van der Waals surface area contributed by atoms with E-state index in [-0.39, 0.29) is 0 Å². The van der Waals surface area contributed by atoms with Gasteiger partial charge in [0.15, 0.2) is 0 Å². The zero-order chi connectivity index (χ0) is 10.2. The summed E-state index contributed by atoms with van der Waals surface area (Å²) < 4.78 is 10.8. The molecule has 14 heavy (non-hydrogen) atoms. The van der Waals surface area contributed by atoms with Crippen LogP contribution < -0.4 is 0 Å². The van der Waals surface area contributed by atoms with Crippen LogP contribution in [0.5, 0.6) is 0 Å². The van der Waals surface area contributed by atoms with Gasteiger partial charge >= 0.3 is 0 Å². The largest absolute Gasteiger partial charge is 0.380 e. The molecule has 0 amide bonds. The molecule has 1 saturated heterocycles. The van der Waals surface area contributed by atoms with Crippen LogP contribution in [-0.4, -0.2) is 56.3 Å². The molecule has 1 aliphatic heterocycles. The van der Waals surface area contributed by atoms with Crippen LogP contribution in [-0.2, 0) is 9.47 Å². The number of hydrogen-bond acceptors (Lipinski definition) is 3. The molecular formula is C10H20ClNO2. The second-order valence-electron chi connectivity index (χ2n) is 3.53. The zero-order valence-electron chi connectivity index (χ0n) is 8.88. The van der Waals surface area contributed by atoms with Crippen molar-refractivity contribution in [2.24, 2.45) is 0 Å². The first-order valence-electron chi connectivity index (χ1n) is 5.34. The maximum Gasteiger partial charge on any atom is 0.0634 e. The Morgan fingerprint density at radius 3 is 3.07 bits per heavy atom. The Morgan fingerprint density at radius 2 is 2.36 bits per heavy atom. The number of rotatable bonds is 6. The molecule has 1 atom stereocenters. The van der Waals surface area contributed by atoms with Crippen molar-refractivity contribution in [1.29, 1.82) is 0 Å². The third kappa shape index (κ3) is 4.13. The summed E-state index contributed by atoms with van der Waals surface area (Å²) in [4.78, 5) is 2.35. The van der Waals surface area contributed by atoms with Gasteiger partial charge in [-0.3, -0.25) is 4.90 Å². The normalized spacial score (nSPS) is 24.0. The lowest BCUT2D eigenvalue weighted by Gasteiger charge is -2.34. The molecule has 0 saturated carbocycles. The standard InChI is InChI=1S/C10H20ClNO2/c1-2-5-13-6-3-12-4-7-14-9-10(12)8-11/h10H,2-9H2,1H3. The highest BCUT2D eigenvalue weighted by molar-refractivity contribution is 6.18. The Morgan fingerprint density at radius 1 is 1.50 bits per heavy atom. The van der Waals surface area contributed by atoms with Crippen molar-refractivity contribution < 1.29 is 9.47 Å². The molecule has 0 aromatic carbocycles. The molecule has 0 N–H and O–H groups in total. The molecule has 3 nitrogen and oxygen atoms in total. The predicted molar refractivity (Wildman–Crippen MR) is 58.0 cm³/mol. The molecule has 1 fully saturated rings. The Kier molecular flexibility index (Phi) is 6.52. The predicted octanol–water partition coefficient (Wildman–Crippen LogP) is 1.35. The first kappa shape index (κ1) is 12.2. The molecule has 4 heteroatoms. The van der Waals surface area contributed by atoms with Gasteiger partial charge in [0, 0.05) is 31.6 Å². The number of alkyl halides is 1. The molecule has 0 aliphatic carbocycles. The molecule has 1 aliphatic rings. The van der Waals surface area contributed by atoms with E-state index in [9.17, 15) is 0 Å². The Balaban J connectivity index is 2.13. The van der Waals surface area contributed by atoms with Crippen molar-refractivity contribution in [1.82, 2.24) is 4.90 Å². The van der Waals surface area contributed by atoms with Gasteiger partial charge in [-0.05, 0) is 6.42 Å². The summed E-state index contributed by atoms with van der Waals surface area (Å²) in [7, 11) is 0. The zero-order valence-corrected chi connectivity index (χ0v) is 9.63. The summed E-state index contributed by atoms with van der Waals surface area (Å²) >= 11 is 5.85. The fourth-order valence-corrected chi connectivity index (χ4v) is 1.84. The minimum atomic E-state index is 0.371. The Hall–Kier alpha value is 0.170. The number of halogens is 1. The molecule has 1 rings (SSSR count). The van der Waals surface area contributed by atoms with Gasteiger partial charge in [-0.2, -0.15) is 0 Å². The fraction of sp³-hybridized carbons (Fsp3) is 1.00. The van der Waals surface area contributed by atoms with Gasteiger partial charge in [0.05, 0.1) is 19.8 Å². The van der Waals surface area contributed by atoms with Gasteiger partial charge in [-0.1, -0.05) is 6.92 Å². The lowest BCUT2D eigenvalue weighted by molar-refractivity contribution is -0.0125. The first-order valence-corrected chi connectivity index (χ1v) is 5.87. The minimum Gasteiger partial charge on any atom is -0.380 e.